The summed E-state index contributed by atoms with van der Waals surface area (Å²) in [6.45, 7) is 4.58. The van der Waals surface area contributed by atoms with E-state index in [0.717, 1.165) is 11.1 Å². The van der Waals surface area contributed by atoms with Crippen molar-refractivity contribution >= 4 is 29.0 Å². The molecule has 3 amide bonds. The van der Waals surface area contributed by atoms with Crippen LogP contribution in [0.3, 0.4) is 0 Å². The molecule has 2 heterocycles. The van der Waals surface area contributed by atoms with Gasteiger partial charge in [-0.25, -0.2) is 14.2 Å². The zero-order valence-electron chi connectivity index (χ0n) is 20.7. The highest BCUT2D eigenvalue weighted by Crippen LogP contribution is 2.23. The zero-order chi connectivity index (χ0) is 26.4. The summed E-state index contributed by atoms with van der Waals surface area (Å²) in [7, 11) is 1.60. The lowest BCUT2D eigenvalue weighted by Gasteiger charge is -2.17. The number of aromatic nitrogens is 2. The summed E-state index contributed by atoms with van der Waals surface area (Å²) in [6.07, 6.45) is 3.23. The molecule has 4 rings (SSSR count). The third-order valence-electron chi connectivity index (χ3n) is 5.71. The Morgan fingerprint density at radius 1 is 1.08 bits per heavy atom. The van der Waals surface area contributed by atoms with Crippen LogP contribution < -0.4 is 20.7 Å². The second-order valence-corrected chi connectivity index (χ2v) is 8.43. The maximum atomic E-state index is 13.4. The molecule has 10 heteroatoms. The zero-order valence-corrected chi connectivity index (χ0v) is 20.7. The van der Waals surface area contributed by atoms with E-state index in [1.165, 1.54) is 24.4 Å². The van der Waals surface area contributed by atoms with Crippen LogP contribution in [0, 0.1) is 12.7 Å². The van der Waals surface area contributed by atoms with Gasteiger partial charge in [-0.1, -0.05) is 18.2 Å². The minimum absolute atomic E-state index is 0.328. The third-order valence-corrected chi connectivity index (χ3v) is 5.71. The highest BCUT2D eigenvalue weighted by Gasteiger charge is 2.16. The number of nitrogens with zero attached hydrogens (tertiary/aromatic N) is 2. The lowest BCUT2D eigenvalue weighted by Crippen LogP contribution is -2.31. The number of hydrogen-bond acceptors (Lipinski definition) is 5. The van der Waals surface area contributed by atoms with Crippen LogP contribution in [0.15, 0.2) is 67.0 Å². The maximum absolute atomic E-state index is 13.4. The van der Waals surface area contributed by atoms with Gasteiger partial charge in [-0.3, -0.25) is 9.20 Å². The second-order valence-electron chi connectivity index (χ2n) is 8.43. The molecule has 37 heavy (non-hydrogen) atoms. The van der Waals surface area contributed by atoms with E-state index in [-0.39, 0.29) is 11.9 Å². The molecule has 0 saturated heterocycles. The van der Waals surface area contributed by atoms with Gasteiger partial charge in [0.25, 0.3) is 5.91 Å². The normalized spacial score (nSPS) is 11.7. The number of benzene rings is 2. The number of halogens is 1. The third kappa shape index (κ3) is 6.42. The Balaban J connectivity index is 1.44. The fourth-order valence-electron chi connectivity index (χ4n) is 3.71. The molecule has 0 spiro atoms. The molecule has 0 unspecified atom stereocenters. The van der Waals surface area contributed by atoms with Gasteiger partial charge < -0.3 is 25.4 Å². The van der Waals surface area contributed by atoms with Gasteiger partial charge in [0.05, 0.1) is 18.8 Å². The molecule has 0 fully saturated rings. The standard InChI is InChI=1S/C27H28FN5O4/c1-17-7-8-19(18(2)30-27(35)31-21-6-4-5-20(28)14-21)13-23(17)32-26(34)24-16-29-25-15-22(9-10-33(24)25)37-12-11-36-3/h4-10,13-16,18H,11-12H2,1-3H3,(H,32,34)(H2,30,31,35)/t18-/m0/s1. The van der Waals surface area contributed by atoms with E-state index in [0.29, 0.717) is 41.7 Å². The molecular weight excluding hydrogens is 477 g/mol. The summed E-state index contributed by atoms with van der Waals surface area (Å²) in [5.74, 6) is -0.134. The van der Waals surface area contributed by atoms with Crippen molar-refractivity contribution in [2.75, 3.05) is 31.0 Å². The number of carbonyl (C=O) groups excluding carboxylic acids is 2. The van der Waals surface area contributed by atoms with Gasteiger partial charge in [0.15, 0.2) is 0 Å². The number of aryl methyl sites for hydroxylation is 1. The number of fused-ring (bicyclic) bond motifs is 1. The van der Waals surface area contributed by atoms with Gasteiger partial charge in [0.1, 0.15) is 29.5 Å². The van der Waals surface area contributed by atoms with Crippen molar-refractivity contribution in [2.45, 2.75) is 19.9 Å². The van der Waals surface area contributed by atoms with E-state index in [1.54, 1.807) is 35.9 Å². The van der Waals surface area contributed by atoms with Crippen molar-refractivity contribution in [3.63, 3.8) is 0 Å². The van der Waals surface area contributed by atoms with Crippen LogP contribution in [0.5, 0.6) is 5.75 Å². The van der Waals surface area contributed by atoms with E-state index in [2.05, 4.69) is 20.9 Å². The summed E-state index contributed by atoms with van der Waals surface area (Å²) in [5.41, 5.74) is 3.54. The van der Waals surface area contributed by atoms with Gasteiger partial charge in [-0.2, -0.15) is 0 Å². The predicted molar refractivity (Wildman–Crippen MR) is 139 cm³/mol. The van der Waals surface area contributed by atoms with E-state index in [1.807, 2.05) is 32.0 Å². The van der Waals surface area contributed by atoms with Crippen LogP contribution in [0.2, 0.25) is 0 Å². The molecule has 3 N–H and O–H groups in total. The van der Waals surface area contributed by atoms with Crippen LogP contribution in [-0.2, 0) is 4.74 Å². The monoisotopic (exact) mass is 505 g/mol. The van der Waals surface area contributed by atoms with Crippen LogP contribution in [0.4, 0.5) is 20.6 Å². The van der Waals surface area contributed by atoms with Crippen molar-refractivity contribution in [1.29, 1.82) is 0 Å². The summed E-state index contributed by atoms with van der Waals surface area (Å²) >= 11 is 0. The molecule has 2 aromatic carbocycles. The van der Waals surface area contributed by atoms with E-state index < -0.39 is 11.8 Å². The average molecular weight is 506 g/mol. The number of rotatable bonds is 9. The fraction of sp³-hybridized carbons (Fsp3) is 0.222. The lowest BCUT2D eigenvalue weighted by molar-refractivity contribution is 0.102. The largest absolute Gasteiger partial charge is 0.491 e. The maximum Gasteiger partial charge on any atom is 0.319 e. The Morgan fingerprint density at radius 2 is 1.92 bits per heavy atom. The molecule has 0 aliphatic carbocycles. The number of ether oxygens (including phenoxy) is 2. The molecule has 0 radical (unpaired) electrons. The number of anilines is 2. The van der Waals surface area contributed by atoms with Gasteiger partial charge in [-0.15, -0.1) is 0 Å². The van der Waals surface area contributed by atoms with Crippen molar-refractivity contribution in [1.82, 2.24) is 14.7 Å². The van der Waals surface area contributed by atoms with Crippen LogP contribution in [0.1, 0.15) is 34.6 Å². The number of pyridine rings is 1. The summed E-state index contributed by atoms with van der Waals surface area (Å²) in [5, 5.41) is 8.37. The summed E-state index contributed by atoms with van der Waals surface area (Å²) < 4.78 is 25.6. The lowest BCUT2D eigenvalue weighted by atomic mass is 10.0. The molecule has 0 saturated carbocycles. The number of carbonyl (C=O) groups is 2. The fourth-order valence-corrected chi connectivity index (χ4v) is 3.71. The molecule has 2 aromatic heterocycles. The van der Waals surface area contributed by atoms with E-state index in [9.17, 15) is 14.0 Å². The van der Waals surface area contributed by atoms with Crippen LogP contribution >= 0.6 is 0 Å². The number of methoxy groups -OCH3 is 1. The molecule has 192 valence electrons. The Morgan fingerprint density at radius 3 is 2.70 bits per heavy atom. The number of imidazole rings is 1. The number of hydrogen-bond donors (Lipinski definition) is 3. The predicted octanol–water partition coefficient (Wildman–Crippen LogP) is 4.94. The first kappa shape index (κ1) is 25.6. The minimum atomic E-state index is -0.472. The highest BCUT2D eigenvalue weighted by atomic mass is 19.1. The first-order valence-corrected chi connectivity index (χ1v) is 11.7. The number of urea groups is 1. The van der Waals surface area contributed by atoms with Crippen LogP contribution in [-0.4, -0.2) is 41.6 Å². The Hall–Kier alpha value is -4.44. The van der Waals surface area contributed by atoms with Gasteiger partial charge in [0.2, 0.25) is 0 Å². The topological polar surface area (TPSA) is 106 Å². The SMILES string of the molecule is COCCOc1ccn2c(C(=O)Nc3cc([C@H](C)NC(=O)Nc4cccc(F)c4)ccc3C)cnc2c1. The first-order chi connectivity index (χ1) is 17.8. The Bertz CT molecular complexity index is 1420. The molecular formula is C27H28FN5O4. The average Bonchev–Trinajstić information content (AvgIpc) is 3.29. The second kappa shape index (κ2) is 11.5. The Kier molecular flexibility index (Phi) is 7.99. The summed E-state index contributed by atoms with van der Waals surface area (Å²) in [6, 6.07) is 13.9. The van der Waals surface area contributed by atoms with Crippen molar-refractivity contribution in [3.05, 3.63) is 89.6 Å². The molecule has 0 aliphatic rings. The number of amides is 3. The molecule has 0 bridgehead atoms. The van der Waals surface area contributed by atoms with Gasteiger partial charge in [0, 0.05) is 30.7 Å². The van der Waals surface area contributed by atoms with E-state index >= 15 is 0 Å². The number of nitrogens with one attached hydrogen (secondary N) is 3. The van der Waals surface area contributed by atoms with Crippen molar-refractivity contribution < 1.29 is 23.5 Å². The smallest absolute Gasteiger partial charge is 0.319 e. The summed E-state index contributed by atoms with van der Waals surface area (Å²) in [4.78, 5) is 29.8. The molecule has 9 nitrogen and oxygen atoms in total. The van der Waals surface area contributed by atoms with Gasteiger partial charge >= 0.3 is 6.03 Å². The molecule has 1 atom stereocenters. The highest BCUT2D eigenvalue weighted by molar-refractivity contribution is 6.04. The Labute approximate surface area is 213 Å². The van der Waals surface area contributed by atoms with Crippen LogP contribution in [0.25, 0.3) is 5.65 Å². The molecule has 0 aliphatic heterocycles. The van der Waals surface area contributed by atoms with E-state index in [4.69, 9.17) is 9.47 Å². The first-order valence-electron chi connectivity index (χ1n) is 11.7. The van der Waals surface area contributed by atoms with Crippen molar-refractivity contribution in [3.8, 4) is 5.75 Å². The quantitative estimate of drug-likeness (QED) is 0.279. The minimum Gasteiger partial charge on any atom is -0.491 e. The van der Waals surface area contributed by atoms with Gasteiger partial charge in [-0.05, 0) is 55.3 Å². The molecule has 4 aromatic rings. The van der Waals surface area contributed by atoms with Crippen molar-refractivity contribution in [2.24, 2.45) is 0 Å².